The predicted molar refractivity (Wildman–Crippen MR) is 123 cm³/mol. The van der Waals surface area contributed by atoms with E-state index in [1.807, 2.05) is 41.6 Å². The van der Waals surface area contributed by atoms with Crippen LogP contribution in [0.15, 0.2) is 42.7 Å². The van der Waals surface area contributed by atoms with Crippen molar-refractivity contribution >= 4 is 11.8 Å². The number of hydrogen-bond donors (Lipinski definition) is 2. The fourth-order valence-electron chi connectivity index (χ4n) is 4.91. The number of nitrogen functional groups attached to an aromatic ring is 1. The molecule has 33 heavy (non-hydrogen) atoms. The summed E-state index contributed by atoms with van der Waals surface area (Å²) in [4.78, 5) is 23.6. The molecule has 1 spiro atoms. The number of hydrogen-bond acceptors (Lipinski definition) is 6. The summed E-state index contributed by atoms with van der Waals surface area (Å²) in [7, 11) is 0. The molecule has 0 aliphatic carbocycles. The monoisotopic (exact) mass is 442 g/mol. The maximum Gasteiger partial charge on any atom is 0.318 e. The van der Waals surface area contributed by atoms with Crippen molar-refractivity contribution in [2.45, 2.75) is 44.2 Å². The highest BCUT2D eigenvalue weighted by Crippen LogP contribution is 2.44. The van der Waals surface area contributed by atoms with E-state index in [-0.39, 0.29) is 17.3 Å². The van der Waals surface area contributed by atoms with Crippen LogP contribution in [0.1, 0.15) is 43.6 Å². The summed E-state index contributed by atoms with van der Waals surface area (Å²) in [6, 6.07) is 11.5. The number of carbonyl (C=O) groups excluding carboxylic acids is 1. The topological polar surface area (TPSA) is 126 Å². The molecule has 1 fully saturated rings. The first kappa shape index (κ1) is 20.9. The highest BCUT2D eigenvalue weighted by molar-refractivity contribution is 5.76. The van der Waals surface area contributed by atoms with Gasteiger partial charge in [0.25, 0.3) is 0 Å². The Morgan fingerprint density at radius 3 is 2.82 bits per heavy atom. The second-order valence-corrected chi connectivity index (χ2v) is 9.38. The summed E-state index contributed by atoms with van der Waals surface area (Å²) in [5, 5.41) is 17.2. The lowest BCUT2D eigenvalue weighted by Gasteiger charge is -2.30. The van der Waals surface area contributed by atoms with Crippen LogP contribution in [-0.4, -0.2) is 43.8 Å². The molecule has 0 saturated carbocycles. The normalized spacial score (nSPS) is 19.5. The van der Waals surface area contributed by atoms with Crippen LogP contribution >= 0.6 is 0 Å². The van der Waals surface area contributed by atoms with E-state index in [1.165, 1.54) is 0 Å². The summed E-state index contributed by atoms with van der Waals surface area (Å²) in [5.41, 5.74) is 8.91. The Morgan fingerprint density at radius 1 is 1.24 bits per heavy atom. The lowest BCUT2D eigenvalue weighted by Crippen LogP contribution is -2.48. The minimum Gasteiger partial charge on any atom is -0.383 e. The van der Waals surface area contributed by atoms with Crippen molar-refractivity contribution in [2.24, 2.45) is 0 Å². The molecule has 0 radical (unpaired) electrons. The first-order valence-corrected chi connectivity index (χ1v) is 11.0. The molecule has 0 bridgehead atoms. The molecule has 1 saturated heterocycles. The Morgan fingerprint density at radius 2 is 2.06 bits per heavy atom. The van der Waals surface area contributed by atoms with Crippen molar-refractivity contribution in [3.63, 3.8) is 0 Å². The van der Waals surface area contributed by atoms with E-state index in [0.29, 0.717) is 18.7 Å². The van der Waals surface area contributed by atoms with Gasteiger partial charge >= 0.3 is 6.03 Å². The number of pyridine rings is 2. The number of aromatic nitrogens is 4. The highest BCUT2D eigenvalue weighted by Gasteiger charge is 2.47. The maximum absolute atomic E-state index is 13.1. The largest absolute Gasteiger partial charge is 0.383 e. The van der Waals surface area contributed by atoms with Crippen LogP contribution < -0.4 is 11.1 Å². The summed E-state index contributed by atoms with van der Waals surface area (Å²) in [5.74, 6) is 0.218. The van der Waals surface area contributed by atoms with Crippen LogP contribution in [0.5, 0.6) is 0 Å². The number of amides is 2. The molecular formula is C24H26N8O. The third kappa shape index (κ3) is 3.57. The van der Waals surface area contributed by atoms with E-state index >= 15 is 0 Å². The first-order chi connectivity index (χ1) is 15.8. The van der Waals surface area contributed by atoms with Gasteiger partial charge in [-0.05, 0) is 51.0 Å². The Bertz CT molecular complexity index is 1260. The molecule has 0 aromatic carbocycles. The van der Waals surface area contributed by atoms with Crippen LogP contribution in [0.25, 0.3) is 11.3 Å². The van der Waals surface area contributed by atoms with Gasteiger partial charge in [0, 0.05) is 48.7 Å². The van der Waals surface area contributed by atoms with Gasteiger partial charge < -0.3 is 16.0 Å². The van der Waals surface area contributed by atoms with E-state index in [4.69, 9.17) is 10.8 Å². The number of nitrogens with two attached hydrogens (primary N) is 1. The molecule has 5 rings (SSSR count). The van der Waals surface area contributed by atoms with Crippen molar-refractivity contribution in [3.05, 3.63) is 59.7 Å². The molecule has 9 heteroatoms. The maximum atomic E-state index is 13.1. The minimum atomic E-state index is -0.570. The Labute approximate surface area is 192 Å². The fourth-order valence-corrected chi connectivity index (χ4v) is 4.91. The number of nitrogens with one attached hydrogen (secondary N) is 1. The van der Waals surface area contributed by atoms with Crippen LogP contribution in [0, 0.1) is 11.3 Å². The van der Waals surface area contributed by atoms with Gasteiger partial charge in [0.2, 0.25) is 0 Å². The summed E-state index contributed by atoms with van der Waals surface area (Å²) < 4.78 is 2.02. The molecule has 3 aromatic rings. The van der Waals surface area contributed by atoms with E-state index in [2.05, 4.69) is 27.4 Å². The molecule has 5 heterocycles. The molecule has 168 valence electrons. The number of fused-ring (bicyclic) bond motifs is 2. The average Bonchev–Trinajstić information content (AvgIpc) is 3.51. The number of aryl methyl sites for hydroxylation is 1. The second-order valence-electron chi connectivity index (χ2n) is 9.38. The highest BCUT2D eigenvalue weighted by atomic mass is 16.2. The zero-order valence-corrected chi connectivity index (χ0v) is 18.7. The van der Waals surface area contributed by atoms with Gasteiger partial charge in [0.05, 0.1) is 22.5 Å². The minimum absolute atomic E-state index is 0.0814. The van der Waals surface area contributed by atoms with Gasteiger partial charge in [-0.1, -0.05) is 6.07 Å². The molecule has 1 unspecified atom stereocenters. The van der Waals surface area contributed by atoms with Gasteiger partial charge in [0.15, 0.2) is 0 Å². The zero-order valence-electron chi connectivity index (χ0n) is 18.7. The number of nitriles is 1. The van der Waals surface area contributed by atoms with Crippen LogP contribution in [0.4, 0.5) is 10.6 Å². The van der Waals surface area contributed by atoms with Crippen molar-refractivity contribution in [3.8, 4) is 17.3 Å². The van der Waals surface area contributed by atoms with Gasteiger partial charge in [-0.2, -0.15) is 10.4 Å². The van der Waals surface area contributed by atoms with E-state index in [0.717, 1.165) is 42.0 Å². The quantitative estimate of drug-likeness (QED) is 0.642. The lowest BCUT2D eigenvalue weighted by molar-refractivity contribution is 0.193. The Kier molecular flexibility index (Phi) is 4.81. The molecule has 1 atom stereocenters. The van der Waals surface area contributed by atoms with E-state index in [1.54, 1.807) is 18.5 Å². The third-order valence-corrected chi connectivity index (χ3v) is 6.83. The van der Waals surface area contributed by atoms with Crippen molar-refractivity contribution in [2.75, 3.05) is 18.8 Å². The SMILES string of the molecule is CC(C)(NC(=O)N1CCC2(CCn3nc(-c4cnc(N)c(C#N)c4)cc32)C1)c1ccccn1. The molecule has 2 aliphatic heterocycles. The van der Waals surface area contributed by atoms with Crippen LogP contribution in [0.2, 0.25) is 0 Å². The molecular weight excluding hydrogens is 416 g/mol. The average molecular weight is 443 g/mol. The Balaban J connectivity index is 1.35. The first-order valence-electron chi connectivity index (χ1n) is 11.0. The summed E-state index contributed by atoms with van der Waals surface area (Å²) >= 11 is 0. The fraction of sp³-hybridized carbons (Fsp3) is 0.375. The predicted octanol–water partition coefficient (Wildman–Crippen LogP) is 2.79. The molecule has 3 aromatic heterocycles. The van der Waals surface area contributed by atoms with Crippen LogP contribution in [0.3, 0.4) is 0 Å². The lowest BCUT2D eigenvalue weighted by atomic mass is 9.82. The second kappa shape index (κ2) is 7.59. The van der Waals surface area contributed by atoms with Crippen molar-refractivity contribution < 1.29 is 4.79 Å². The zero-order chi connectivity index (χ0) is 23.2. The van der Waals surface area contributed by atoms with Gasteiger partial charge in [-0.25, -0.2) is 9.78 Å². The van der Waals surface area contributed by atoms with Gasteiger partial charge in [0.1, 0.15) is 11.9 Å². The standard InChI is InChI=1S/C24H26N8O/c1-23(2,19-5-3-4-8-27-19)29-22(33)31-9-6-24(15-31)7-10-32-20(24)12-18(30-32)17-11-16(13-25)21(26)28-14-17/h3-5,8,11-12,14H,6-7,9-10,15H2,1-2H3,(H2,26,28)(H,29,33). The molecule has 2 aliphatic rings. The van der Waals surface area contributed by atoms with Crippen LogP contribution in [-0.2, 0) is 17.5 Å². The number of urea groups is 1. The van der Waals surface area contributed by atoms with E-state index in [9.17, 15) is 10.1 Å². The summed E-state index contributed by atoms with van der Waals surface area (Å²) in [6.07, 6.45) is 5.22. The number of rotatable bonds is 3. The number of likely N-dealkylation sites (tertiary alicyclic amines) is 1. The number of nitrogens with zero attached hydrogens (tertiary/aromatic N) is 6. The Hall–Kier alpha value is -3.93. The smallest absolute Gasteiger partial charge is 0.318 e. The van der Waals surface area contributed by atoms with Crippen molar-refractivity contribution in [1.82, 2.24) is 30.0 Å². The third-order valence-electron chi connectivity index (χ3n) is 6.83. The number of carbonyl (C=O) groups is 1. The van der Waals surface area contributed by atoms with Gasteiger partial charge in [-0.15, -0.1) is 0 Å². The summed E-state index contributed by atoms with van der Waals surface area (Å²) in [6.45, 7) is 6.06. The molecule has 3 N–H and O–H groups in total. The number of anilines is 1. The van der Waals surface area contributed by atoms with E-state index < -0.39 is 5.54 Å². The molecule has 9 nitrogen and oxygen atoms in total. The van der Waals surface area contributed by atoms with Crippen molar-refractivity contribution in [1.29, 1.82) is 5.26 Å². The van der Waals surface area contributed by atoms with Gasteiger partial charge in [-0.3, -0.25) is 9.67 Å². The molecule has 2 amide bonds.